The minimum atomic E-state index is -0.892. The van der Waals surface area contributed by atoms with Gasteiger partial charge in [0.25, 0.3) is 0 Å². The summed E-state index contributed by atoms with van der Waals surface area (Å²) in [6.45, 7) is 1.66. The fourth-order valence-corrected chi connectivity index (χ4v) is 1.89. The minimum Gasteiger partial charge on any atom is -0.480 e. The van der Waals surface area contributed by atoms with E-state index in [1.165, 1.54) is 12.1 Å². The zero-order valence-electron chi connectivity index (χ0n) is 8.69. The zero-order valence-corrected chi connectivity index (χ0v) is 8.69. The largest absolute Gasteiger partial charge is 0.480 e. The van der Waals surface area contributed by atoms with Gasteiger partial charge in [-0.3, -0.25) is 0 Å². The number of nitrogens with one attached hydrogen (secondary N) is 1. The van der Waals surface area contributed by atoms with Crippen LogP contribution in [0.4, 0.5) is 10.1 Å². The van der Waals surface area contributed by atoms with E-state index in [4.69, 9.17) is 5.11 Å². The molecule has 2 N–H and O–H groups in total. The van der Waals surface area contributed by atoms with Crippen LogP contribution in [0.2, 0.25) is 0 Å². The number of hydrogen-bond donors (Lipinski definition) is 2. The normalized spacial score (nSPS) is 20.8. The van der Waals surface area contributed by atoms with Gasteiger partial charge in [0.05, 0.1) is 0 Å². The van der Waals surface area contributed by atoms with E-state index >= 15 is 0 Å². The number of benzene rings is 1. The van der Waals surface area contributed by atoms with E-state index in [0.717, 1.165) is 0 Å². The molecule has 0 amide bonds. The van der Waals surface area contributed by atoms with Gasteiger partial charge in [-0.2, -0.15) is 0 Å². The lowest BCUT2D eigenvalue weighted by Gasteiger charge is -2.35. The van der Waals surface area contributed by atoms with Gasteiger partial charge in [-0.25, -0.2) is 9.18 Å². The molecule has 1 aromatic carbocycles. The number of carboxylic acids is 1. The lowest BCUT2D eigenvalue weighted by Crippen LogP contribution is -2.55. The lowest BCUT2D eigenvalue weighted by molar-refractivity contribution is -0.138. The lowest BCUT2D eigenvalue weighted by atomic mass is 10.1. The van der Waals surface area contributed by atoms with E-state index in [1.807, 2.05) is 0 Å². The predicted molar refractivity (Wildman–Crippen MR) is 58.0 cm³/mol. The van der Waals surface area contributed by atoms with Gasteiger partial charge in [0.2, 0.25) is 0 Å². The highest BCUT2D eigenvalue weighted by molar-refractivity contribution is 5.78. The molecule has 5 heteroatoms. The van der Waals surface area contributed by atoms with Gasteiger partial charge in [-0.1, -0.05) is 6.07 Å². The molecule has 0 radical (unpaired) electrons. The highest BCUT2D eigenvalue weighted by atomic mass is 19.1. The number of anilines is 1. The molecule has 86 valence electrons. The molecule has 0 saturated carbocycles. The zero-order chi connectivity index (χ0) is 11.5. The molecular formula is C11H13FN2O2. The van der Waals surface area contributed by atoms with Crippen LogP contribution >= 0.6 is 0 Å². The van der Waals surface area contributed by atoms with Gasteiger partial charge in [-0.15, -0.1) is 0 Å². The van der Waals surface area contributed by atoms with Crippen LogP contribution in [-0.2, 0) is 4.79 Å². The van der Waals surface area contributed by atoms with Gasteiger partial charge >= 0.3 is 5.97 Å². The standard InChI is InChI=1S/C11H13FN2O2/c12-8-2-1-3-9(6-8)14-5-4-13-7-10(14)11(15)16/h1-3,6,10,13H,4-5,7H2,(H,15,16). The number of carbonyl (C=O) groups is 1. The molecule has 1 aliphatic heterocycles. The summed E-state index contributed by atoms with van der Waals surface area (Å²) in [5.41, 5.74) is 0.619. The van der Waals surface area contributed by atoms with Crippen LogP contribution in [0.5, 0.6) is 0 Å². The Balaban J connectivity index is 2.26. The van der Waals surface area contributed by atoms with E-state index in [9.17, 15) is 9.18 Å². The maximum absolute atomic E-state index is 13.1. The highest BCUT2D eigenvalue weighted by Gasteiger charge is 2.28. The van der Waals surface area contributed by atoms with Crippen LogP contribution in [0.1, 0.15) is 0 Å². The van der Waals surface area contributed by atoms with Gasteiger partial charge in [0.15, 0.2) is 0 Å². The Bertz CT molecular complexity index is 397. The first-order valence-corrected chi connectivity index (χ1v) is 5.14. The van der Waals surface area contributed by atoms with Gasteiger partial charge < -0.3 is 15.3 Å². The van der Waals surface area contributed by atoms with Crippen LogP contribution in [0.15, 0.2) is 24.3 Å². The fraction of sp³-hybridized carbons (Fsp3) is 0.364. The maximum Gasteiger partial charge on any atom is 0.327 e. The average molecular weight is 224 g/mol. The van der Waals surface area contributed by atoms with Crippen molar-refractivity contribution in [2.75, 3.05) is 24.5 Å². The molecule has 1 aliphatic rings. The Morgan fingerprint density at radius 1 is 1.56 bits per heavy atom. The Labute approximate surface area is 92.7 Å². The summed E-state index contributed by atoms with van der Waals surface area (Å²) in [5.74, 6) is -1.24. The third-order valence-electron chi connectivity index (χ3n) is 2.67. The Morgan fingerprint density at radius 2 is 2.38 bits per heavy atom. The number of hydrogen-bond acceptors (Lipinski definition) is 3. The quantitative estimate of drug-likeness (QED) is 0.776. The minimum absolute atomic E-state index is 0.347. The smallest absolute Gasteiger partial charge is 0.327 e. The monoisotopic (exact) mass is 224 g/mol. The van der Waals surface area contributed by atoms with Crippen LogP contribution in [0.3, 0.4) is 0 Å². The predicted octanol–water partition coefficient (Wildman–Crippen LogP) is 0.688. The first kappa shape index (κ1) is 10.9. The van der Waals surface area contributed by atoms with Crippen molar-refractivity contribution in [3.8, 4) is 0 Å². The third kappa shape index (κ3) is 2.14. The Morgan fingerprint density at radius 3 is 3.06 bits per heavy atom. The number of halogens is 1. The molecular weight excluding hydrogens is 211 g/mol. The van der Waals surface area contributed by atoms with E-state index in [0.29, 0.717) is 25.3 Å². The second kappa shape index (κ2) is 4.49. The summed E-state index contributed by atoms with van der Waals surface area (Å²) >= 11 is 0. The molecule has 1 unspecified atom stereocenters. The van der Waals surface area contributed by atoms with Gasteiger partial charge in [0.1, 0.15) is 11.9 Å². The first-order chi connectivity index (χ1) is 7.68. The van der Waals surface area contributed by atoms with Gasteiger partial charge in [-0.05, 0) is 18.2 Å². The average Bonchev–Trinajstić information content (AvgIpc) is 2.29. The van der Waals surface area contributed by atoms with Crippen LogP contribution < -0.4 is 10.2 Å². The topological polar surface area (TPSA) is 52.6 Å². The molecule has 1 fully saturated rings. The van der Waals surface area contributed by atoms with E-state index < -0.39 is 12.0 Å². The van der Waals surface area contributed by atoms with Crippen molar-refractivity contribution in [3.63, 3.8) is 0 Å². The van der Waals surface area contributed by atoms with Crippen molar-refractivity contribution in [2.24, 2.45) is 0 Å². The summed E-state index contributed by atoms with van der Waals surface area (Å²) in [6.07, 6.45) is 0. The van der Waals surface area contributed by atoms with Crippen molar-refractivity contribution < 1.29 is 14.3 Å². The third-order valence-corrected chi connectivity index (χ3v) is 2.67. The second-order valence-electron chi connectivity index (χ2n) is 3.73. The van der Waals surface area contributed by atoms with E-state index in [-0.39, 0.29) is 5.82 Å². The Hall–Kier alpha value is -1.62. The summed E-state index contributed by atoms with van der Waals surface area (Å²) in [5, 5.41) is 12.1. The first-order valence-electron chi connectivity index (χ1n) is 5.14. The summed E-state index contributed by atoms with van der Waals surface area (Å²) < 4.78 is 13.1. The molecule has 16 heavy (non-hydrogen) atoms. The molecule has 1 aromatic rings. The van der Waals surface area contributed by atoms with Gasteiger partial charge in [0, 0.05) is 25.3 Å². The molecule has 1 atom stereocenters. The maximum atomic E-state index is 13.1. The fourth-order valence-electron chi connectivity index (χ4n) is 1.89. The van der Waals surface area contributed by atoms with Crippen molar-refractivity contribution in [2.45, 2.75) is 6.04 Å². The molecule has 1 saturated heterocycles. The van der Waals surface area contributed by atoms with E-state index in [1.54, 1.807) is 17.0 Å². The van der Waals surface area contributed by atoms with Crippen LogP contribution in [0.25, 0.3) is 0 Å². The van der Waals surface area contributed by atoms with Crippen LogP contribution in [-0.4, -0.2) is 36.8 Å². The number of rotatable bonds is 2. The molecule has 0 spiro atoms. The van der Waals surface area contributed by atoms with Crippen molar-refractivity contribution in [3.05, 3.63) is 30.1 Å². The Kier molecular flexibility index (Phi) is 3.05. The SMILES string of the molecule is O=C(O)C1CNCCN1c1cccc(F)c1. The highest BCUT2D eigenvalue weighted by Crippen LogP contribution is 2.19. The van der Waals surface area contributed by atoms with Crippen molar-refractivity contribution >= 4 is 11.7 Å². The van der Waals surface area contributed by atoms with Crippen molar-refractivity contribution in [1.82, 2.24) is 5.32 Å². The summed E-state index contributed by atoms with van der Waals surface area (Å²) in [6, 6.07) is 5.40. The number of nitrogens with zero attached hydrogens (tertiary/aromatic N) is 1. The number of carboxylic acid groups (broad SMARTS) is 1. The molecule has 4 nitrogen and oxygen atoms in total. The summed E-state index contributed by atoms with van der Waals surface area (Å²) in [4.78, 5) is 12.8. The molecule has 0 aromatic heterocycles. The van der Waals surface area contributed by atoms with Crippen LogP contribution in [0, 0.1) is 5.82 Å². The number of aliphatic carboxylic acids is 1. The molecule has 2 rings (SSSR count). The molecule has 1 heterocycles. The van der Waals surface area contributed by atoms with E-state index in [2.05, 4.69) is 5.32 Å². The second-order valence-corrected chi connectivity index (χ2v) is 3.73. The molecule has 0 aliphatic carbocycles. The summed E-state index contributed by atoms with van der Waals surface area (Å²) in [7, 11) is 0. The molecule has 0 bridgehead atoms. The number of piperazine rings is 1. The van der Waals surface area contributed by atoms with Crippen molar-refractivity contribution in [1.29, 1.82) is 0 Å².